The highest BCUT2D eigenvalue weighted by molar-refractivity contribution is 7.71. The molecule has 0 radical (unpaired) electrons. The van der Waals surface area contributed by atoms with Gasteiger partial charge in [-0.25, -0.2) is 0 Å². The first kappa shape index (κ1) is 11.7. The SMILES string of the molecule is COC1=CC(=O)c2c(c(C)cc(=S)n2C)C1=O. The predicted molar refractivity (Wildman–Crippen MR) is 64.7 cm³/mol. The molecule has 0 saturated heterocycles. The van der Waals surface area contributed by atoms with Gasteiger partial charge in [0.1, 0.15) is 10.3 Å². The molecule has 1 aromatic heterocycles. The van der Waals surface area contributed by atoms with E-state index >= 15 is 0 Å². The first-order valence-corrected chi connectivity index (χ1v) is 5.43. The molecular weight excluding hydrogens is 238 g/mol. The molecule has 0 atom stereocenters. The third-order valence-electron chi connectivity index (χ3n) is 2.80. The van der Waals surface area contributed by atoms with Crippen LogP contribution in [-0.4, -0.2) is 23.2 Å². The molecule has 88 valence electrons. The van der Waals surface area contributed by atoms with Crippen LogP contribution in [0.25, 0.3) is 0 Å². The maximum Gasteiger partial charge on any atom is 0.230 e. The third-order valence-corrected chi connectivity index (χ3v) is 3.20. The lowest BCUT2D eigenvalue weighted by atomic mass is 9.94. The summed E-state index contributed by atoms with van der Waals surface area (Å²) in [6.45, 7) is 1.76. The van der Waals surface area contributed by atoms with Crippen molar-refractivity contribution in [2.24, 2.45) is 7.05 Å². The van der Waals surface area contributed by atoms with Crippen molar-refractivity contribution in [1.29, 1.82) is 0 Å². The molecule has 1 aromatic rings. The average Bonchev–Trinajstić information content (AvgIpc) is 2.28. The van der Waals surface area contributed by atoms with Crippen LogP contribution in [0, 0.1) is 11.6 Å². The van der Waals surface area contributed by atoms with Gasteiger partial charge in [-0.2, -0.15) is 0 Å². The Hall–Kier alpha value is -1.75. The highest BCUT2D eigenvalue weighted by Crippen LogP contribution is 2.24. The molecule has 0 saturated carbocycles. The Balaban J connectivity index is 2.84. The number of carbonyl (C=O) groups is 2. The van der Waals surface area contributed by atoms with Gasteiger partial charge in [-0.1, -0.05) is 12.2 Å². The van der Waals surface area contributed by atoms with Gasteiger partial charge in [0.15, 0.2) is 5.76 Å². The molecule has 0 amide bonds. The van der Waals surface area contributed by atoms with E-state index in [9.17, 15) is 9.59 Å². The standard InChI is InChI=1S/C12H11NO3S/c1-6-4-9(17)13(2)11-7(14)5-8(16-3)12(15)10(6)11/h4-5H,1-3H3. The molecule has 0 fully saturated rings. The van der Waals surface area contributed by atoms with Gasteiger partial charge in [-0.15, -0.1) is 0 Å². The lowest BCUT2D eigenvalue weighted by Gasteiger charge is -2.19. The zero-order valence-corrected chi connectivity index (χ0v) is 10.6. The number of ketones is 2. The maximum atomic E-state index is 12.1. The van der Waals surface area contributed by atoms with Crippen molar-refractivity contribution in [3.63, 3.8) is 0 Å². The van der Waals surface area contributed by atoms with Gasteiger partial charge in [0.05, 0.1) is 12.7 Å². The largest absolute Gasteiger partial charge is 0.492 e. The van der Waals surface area contributed by atoms with Gasteiger partial charge in [-0.3, -0.25) is 9.59 Å². The van der Waals surface area contributed by atoms with E-state index in [1.54, 1.807) is 24.6 Å². The number of fused-ring (bicyclic) bond motifs is 1. The van der Waals surface area contributed by atoms with Crippen molar-refractivity contribution in [2.75, 3.05) is 7.11 Å². The first-order chi connectivity index (χ1) is 7.97. The minimum Gasteiger partial charge on any atom is -0.492 e. The molecule has 17 heavy (non-hydrogen) atoms. The molecule has 0 aliphatic heterocycles. The van der Waals surface area contributed by atoms with Crippen molar-refractivity contribution >= 4 is 23.8 Å². The van der Waals surface area contributed by atoms with E-state index in [2.05, 4.69) is 0 Å². The highest BCUT2D eigenvalue weighted by Gasteiger charge is 2.29. The lowest BCUT2D eigenvalue weighted by molar-refractivity contribution is 0.0911. The van der Waals surface area contributed by atoms with Crippen LogP contribution in [0.4, 0.5) is 0 Å². The number of methoxy groups -OCH3 is 1. The Bertz CT molecular complexity index is 625. The van der Waals surface area contributed by atoms with E-state index in [-0.39, 0.29) is 17.3 Å². The van der Waals surface area contributed by atoms with Crippen molar-refractivity contribution in [2.45, 2.75) is 6.92 Å². The minimum atomic E-state index is -0.273. The highest BCUT2D eigenvalue weighted by atomic mass is 32.1. The second-order valence-corrected chi connectivity index (χ2v) is 4.27. The molecular formula is C12H11NO3S. The summed E-state index contributed by atoms with van der Waals surface area (Å²) in [6, 6.07) is 1.71. The third kappa shape index (κ3) is 1.63. The number of hydrogen-bond acceptors (Lipinski definition) is 4. The van der Waals surface area contributed by atoms with Crippen molar-refractivity contribution in [3.8, 4) is 0 Å². The van der Waals surface area contributed by atoms with E-state index in [0.717, 1.165) is 0 Å². The number of Topliss-reactive ketones (excluding diaryl/α,β-unsaturated/α-hetero) is 1. The zero-order valence-electron chi connectivity index (χ0n) is 9.73. The molecule has 1 aliphatic carbocycles. The molecule has 1 aliphatic rings. The number of pyridine rings is 1. The second-order valence-electron chi connectivity index (χ2n) is 3.85. The molecule has 4 nitrogen and oxygen atoms in total. The van der Waals surface area contributed by atoms with Crippen LogP contribution in [0.15, 0.2) is 17.9 Å². The van der Waals surface area contributed by atoms with E-state index < -0.39 is 0 Å². The van der Waals surface area contributed by atoms with Gasteiger partial charge >= 0.3 is 0 Å². The molecule has 0 spiro atoms. The summed E-state index contributed by atoms with van der Waals surface area (Å²) in [7, 11) is 3.05. The average molecular weight is 249 g/mol. The van der Waals surface area contributed by atoms with Crippen molar-refractivity contribution in [1.82, 2.24) is 4.57 Å². The molecule has 0 unspecified atom stereocenters. The minimum absolute atomic E-state index is 0.0720. The summed E-state index contributed by atoms with van der Waals surface area (Å²) in [5.74, 6) is -0.457. The number of hydrogen-bond donors (Lipinski definition) is 0. The Kier molecular flexibility index (Phi) is 2.71. The first-order valence-electron chi connectivity index (χ1n) is 5.02. The molecule has 5 heteroatoms. The van der Waals surface area contributed by atoms with Gasteiger partial charge in [0, 0.05) is 13.1 Å². The fourth-order valence-corrected chi connectivity index (χ4v) is 2.19. The van der Waals surface area contributed by atoms with Crippen LogP contribution in [0.2, 0.25) is 0 Å². The van der Waals surface area contributed by atoms with E-state index in [1.165, 1.54) is 13.2 Å². The number of aryl methyl sites for hydroxylation is 1. The number of allylic oxidation sites excluding steroid dienone is 2. The predicted octanol–water partition coefficient (Wildman–Crippen LogP) is 1.97. The topological polar surface area (TPSA) is 48.3 Å². The Morgan fingerprint density at radius 2 is 2.00 bits per heavy atom. The summed E-state index contributed by atoms with van der Waals surface area (Å²) in [5, 5.41) is 0. The summed E-state index contributed by atoms with van der Waals surface area (Å²) >= 11 is 5.12. The number of rotatable bonds is 1. The Labute approximate surface area is 104 Å². The van der Waals surface area contributed by atoms with E-state index in [4.69, 9.17) is 17.0 Å². The van der Waals surface area contributed by atoms with Gasteiger partial charge in [0.2, 0.25) is 11.6 Å². The number of aromatic nitrogens is 1. The van der Waals surface area contributed by atoms with Crippen LogP contribution in [-0.2, 0) is 11.8 Å². The van der Waals surface area contributed by atoms with Gasteiger partial charge < -0.3 is 9.30 Å². The van der Waals surface area contributed by atoms with Crippen LogP contribution >= 0.6 is 12.2 Å². The van der Waals surface area contributed by atoms with Crippen LogP contribution in [0.1, 0.15) is 26.4 Å². The molecule has 0 aromatic carbocycles. The summed E-state index contributed by atoms with van der Waals surface area (Å²) < 4.78 is 6.99. The number of ether oxygens (including phenoxy) is 1. The van der Waals surface area contributed by atoms with Crippen molar-refractivity contribution < 1.29 is 14.3 Å². The van der Waals surface area contributed by atoms with Crippen molar-refractivity contribution in [3.05, 3.63) is 39.4 Å². The summed E-state index contributed by atoms with van der Waals surface area (Å²) in [5.41, 5.74) is 1.41. The smallest absolute Gasteiger partial charge is 0.230 e. The van der Waals surface area contributed by atoms with Gasteiger partial charge in [-0.05, 0) is 18.6 Å². The molecule has 2 rings (SSSR count). The Morgan fingerprint density at radius 3 is 2.59 bits per heavy atom. The monoisotopic (exact) mass is 249 g/mol. The summed E-state index contributed by atoms with van der Waals surface area (Å²) in [6.07, 6.45) is 1.21. The normalized spacial score (nSPS) is 14.4. The Morgan fingerprint density at radius 1 is 1.35 bits per heavy atom. The second kappa shape index (κ2) is 3.92. The number of carbonyl (C=O) groups excluding carboxylic acids is 2. The number of nitrogens with zero attached hydrogens (tertiary/aromatic N) is 1. The van der Waals surface area contributed by atoms with Crippen LogP contribution < -0.4 is 0 Å². The molecule has 0 bridgehead atoms. The lowest BCUT2D eigenvalue weighted by Crippen LogP contribution is -2.24. The molecule has 0 N–H and O–H groups in total. The fraction of sp³-hybridized carbons (Fsp3) is 0.250. The molecule has 1 heterocycles. The summed E-state index contributed by atoms with van der Waals surface area (Å²) in [4.78, 5) is 24.0. The van der Waals surface area contributed by atoms with Gasteiger partial charge in [0.25, 0.3) is 0 Å². The van der Waals surface area contributed by atoms with E-state index in [1.807, 2.05) is 0 Å². The fourth-order valence-electron chi connectivity index (χ4n) is 1.92. The maximum absolute atomic E-state index is 12.1. The van der Waals surface area contributed by atoms with E-state index in [0.29, 0.717) is 21.5 Å². The quantitative estimate of drug-likeness (QED) is 0.714. The van der Waals surface area contributed by atoms with Crippen LogP contribution in [0.5, 0.6) is 0 Å². The zero-order chi connectivity index (χ0) is 12.7. The van der Waals surface area contributed by atoms with Crippen LogP contribution in [0.3, 0.4) is 0 Å².